The van der Waals surface area contributed by atoms with Gasteiger partial charge in [-0.1, -0.05) is 0 Å². The lowest BCUT2D eigenvalue weighted by Crippen LogP contribution is -2.26. The Hall–Kier alpha value is -1.81. The second-order valence-electron chi connectivity index (χ2n) is 5.91. The van der Waals surface area contributed by atoms with Gasteiger partial charge in [0, 0.05) is 29.3 Å². The molecule has 1 unspecified atom stereocenters. The molecule has 0 bridgehead atoms. The molecule has 3 rings (SSSR count). The van der Waals surface area contributed by atoms with Crippen LogP contribution in [0.5, 0.6) is 0 Å². The molecule has 0 saturated carbocycles. The molecule has 0 aromatic carbocycles. The Morgan fingerprint density at radius 3 is 2.90 bits per heavy atom. The summed E-state index contributed by atoms with van der Waals surface area (Å²) >= 11 is 0. The van der Waals surface area contributed by atoms with Crippen LogP contribution in [0.3, 0.4) is 0 Å². The summed E-state index contributed by atoms with van der Waals surface area (Å²) in [5.74, 6) is 1.55. The van der Waals surface area contributed by atoms with Gasteiger partial charge in [0.2, 0.25) is 0 Å². The monoisotopic (exact) mass is 282 g/mol. The third-order valence-electron chi connectivity index (χ3n) is 4.34. The summed E-state index contributed by atoms with van der Waals surface area (Å²) in [5, 5.41) is 3.28. The Labute approximate surface area is 126 Å². The van der Waals surface area contributed by atoms with Gasteiger partial charge in [-0.25, -0.2) is 9.97 Å². The van der Waals surface area contributed by atoms with E-state index in [4.69, 9.17) is 9.97 Å². The predicted octanol–water partition coefficient (Wildman–Crippen LogP) is 2.48. The molecule has 0 radical (unpaired) electrons. The summed E-state index contributed by atoms with van der Waals surface area (Å²) in [4.78, 5) is 13.7. The first-order valence-corrected chi connectivity index (χ1v) is 7.61. The maximum absolute atomic E-state index is 4.84. The minimum atomic E-state index is 0.707. The minimum absolute atomic E-state index is 0.707. The van der Waals surface area contributed by atoms with E-state index in [1.54, 1.807) is 0 Å². The molecule has 1 N–H and O–H groups in total. The SMILES string of the molecule is CNCC1CCc2nc(-c3ccncc3C)nc(C)c2C1. The molecule has 110 valence electrons. The Morgan fingerprint density at radius 2 is 2.14 bits per heavy atom. The Bertz CT molecular complexity index is 651. The van der Waals surface area contributed by atoms with Gasteiger partial charge < -0.3 is 5.32 Å². The van der Waals surface area contributed by atoms with Crippen LogP contribution in [0.25, 0.3) is 11.4 Å². The van der Waals surface area contributed by atoms with Gasteiger partial charge in [-0.2, -0.15) is 0 Å². The highest BCUT2D eigenvalue weighted by Crippen LogP contribution is 2.28. The molecule has 1 atom stereocenters. The van der Waals surface area contributed by atoms with Crippen molar-refractivity contribution in [2.45, 2.75) is 33.1 Å². The Kier molecular flexibility index (Phi) is 3.97. The highest BCUT2D eigenvalue weighted by Gasteiger charge is 2.22. The lowest BCUT2D eigenvalue weighted by Gasteiger charge is -2.25. The van der Waals surface area contributed by atoms with Crippen LogP contribution >= 0.6 is 0 Å². The number of nitrogens with zero attached hydrogens (tertiary/aromatic N) is 3. The lowest BCUT2D eigenvalue weighted by atomic mass is 9.85. The number of hydrogen-bond acceptors (Lipinski definition) is 4. The maximum atomic E-state index is 4.84. The highest BCUT2D eigenvalue weighted by molar-refractivity contribution is 5.59. The zero-order chi connectivity index (χ0) is 14.8. The van der Waals surface area contributed by atoms with Crippen molar-refractivity contribution >= 4 is 0 Å². The van der Waals surface area contributed by atoms with E-state index in [1.807, 2.05) is 25.5 Å². The summed E-state index contributed by atoms with van der Waals surface area (Å²) in [6.45, 7) is 5.25. The molecule has 0 spiro atoms. The second-order valence-corrected chi connectivity index (χ2v) is 5.91. The third-order valence-corrected chi connectivity index (χ3v) is 4.34. The van der Waals surface area contributed by atoms with Crippen molar-refractivity contribution in [1.82, 2.24) is 20.3 Å². The Morgan fingerprint density at radius 1 is 1.29 bits per heavy atom. The first-order chi connectivity index (χ1) is 10.2. The molecule has 1 aliphatic carbocycles. The topological polar surface area (TPSA) is 50.7 Å². The van der Waals surface area contributed by atoms with Crippen LogP contribution in [0.1, 0.15) is 28.9 Å². The van der Waals surface area contributed by atoms with Gasteiger partial charge in [-0.05, 0) is 69.8 Å². The standard InChI is InChI=1S/C17H22N4/c1-11-9-19-7-6-14(11)17-20-12(2)15-8-13(10-18-3)4-5-16(15)21-17/h6-7,9,13,18H,4-5,8,10H2,1-3H3. The van der Waals surface area contributed by atoms with Crippen LogP contribution in [0.15, 0.2) is 18.5 Å². The van der Waals surface area contributed by atoms with Gasteiger partial charge in [0.1, 0.15) is 0 Å². The summed E-state index contributed by atoms with van der Waals surface area (Å²) in [6.07, 6.45) is 7.04. The molecule has 1 aliphatic rings. The highest BCUT2D eigenvalue weighted by atomic mass is 14.9. The zero-order valence-electron chi connectivity index (χ0n) is 13.0. The minimum Gasteiger partial charge on any atom is -0.319 e. The first-order valence-electron chi connectivity index (χ1n) is 7.61. The zero-order valence-corrected chi connectivity index (χ0v) is 13.0. The summed E-state index contributed by atoms with van der Waals surface area (Å²) in [5.41, 5.74) is 5.94. The number of fused-ring (bicyclic) bond motifs is 1. The fourth-order valence-corrected chi connectivity index (χ4v) is 3.17. The molecule has 0 saturated heterocycles. The average molecular weight is 282 g/mol. The fraction of sp³-hybridized carbons (Fsp3) is 0.471. The number of hydrogen-bond donors (Lipinski definition) is 1. The van der Waals surface area contributed by atoms with E-state index in [-0.39, 0.29) is 0 Å². The molecule has 0 fully saturated rings. The number of aromatic nitrogens is 3. The summed E-state index contributed by atoms with van der Waals surface area (Å²) in [6, 6.07) is 2.00. The predicted molar refractivity (Wildman–Crippen MR) is 84.2 cm³/mol. The van der Waals surface area contributed by atoms with E-state index in [1.165, 1.54) is 17.7 Å². The number of pyridine rings is 1. The van der Waals surface area contributed by atoms with Gasteiger partial charge in [-0.3, -0.25) is 4.98 Å². The number of aryl methyl sites for hydroxylation is 3. The largest absolute Gasteiger partial charge is 0.319 e. The van der Waals surface area contributed by atoms with Crippen molar-refractivity contribution in [2.24, 2.45) is 5.92 Å². The van der Waals surface area contributed by atoms with E-state index in [0.717, 1.165) is 42.0 Å². The molecule has 0 aliphatic heterocycles. The Balaban J connectivity index is 1.98. The number of nitrogens with one attached hydrogen (secondary N) is 1. The van der Waals surface area contributed by atoms with E-state index in [0.29, 0.717) is 5.92 Å². The van der Waals surface area contributed by atoms with Crippen molar-refractivity contribution in [1.29, 1.82) is 0 Å². The normalized spacial score (nSPS) is 17.6. The van der Waals surface area contributed by atoms with Crippen LogP contribution in [0, 0.1) is 19.8 Å². The molecular weight excluding hydrogens is 260 g/mol. The molecule has 4 nitrogen and oxygen atoms in total. The second kappa shape index (κ2) is 5.90. The van der Waals surface area contributed by atoms with Crippen LogP contribution in [0.2, 0.25) is 0 Å². The van der Waals surface area contributed by atoms with Crippen molar-refractivity contribution in [3.8, 4) is 11.4 Å². The molecule has 4 heteroatoms. The van der Waals surface area contributed by atoms with Crippen LogP contribution < -0.4 is 5.32 Å². The van der Waals surface area contributed by atoms with Crippen molar-refractivity contribution in [3.63, 3.8) is 0 Å². The van der Waals surface area contributed by atoms with Gasteiger partial charge in [0.05, 0.1) is 0 Å². The molecular formula is C17H22N4. The van der Waals surface area contributed by atoms with E-state index < -0.39 is 0 Å². The summed E-state index contributed by atoms with van der Waals surface area (Å²) < 4.78 is 0. The van der Waals surface area contributed by atoms with E-state index in [2.05, 4.69) is 24.1 Å². The van der Waals surface area contributed by atoms with Crippen LogP contribution in [0.4, 0.5) is 0 Å². The van der Waals surface area contributed by atoms with Crippen LogP contribution in [-0.4, -0.2) is 28.5 Å². The van der Waals surface area contributed by atoms with Crippen molar-refractivity contribution in [3.05, 3.63) is 41.0 Å². The third kappa shape index (κ3) is 2.81. The molecule has 2 aromatic heterocycles. The average Bonchev–Trinajstić information content (AvgIpc) is 2.48. The smallest absolute Gasteiger partial charge is 0.160 e. The van der Waals surface area contributed by atoms with Crippen LogP contribution in [-0.2, 0) is 12.8 Å². The van der Waals surface area contributed by atoms with Crippen molar-refractivity contribution < 1.29 is 0 Å². The molecule has 0 amide bonds. The summed E-state index contributed by atoms with van der Waals surface area (Å²) in [7, 11) is 2.02. The quantitative estimate of drug-likeness (QED) is 0.939. The number of rotatable bonds is 3. The first kappa shape index (κ1) is 14.1. The molecule has 21 heavy (non-hydrogen) atoms. The van der Waals surface area contributed by atoms with Gasteiger partial charge in [0.15, 0.2) is 5.82 Å². The molecule has 2 aromatic rings. The van der Waals surface area contributed by atoms with Gasteiger partial charge in [0.25, 0.3) is 0 Å². The van der Waals surface area contributed by atoms with E-state index >= 15 is 0 Å². The fourth-order valence-electron chi connectivity index (χ4n) is 3.17. The molecule has 2 heterocycles. The lowest BCUT2D eigenvalue weighted by molar-refractivity contribution is 0.433. The van der Waals surface area contributed by atoms with E-state index in [9.17, 15) is 0 Å². The maximum Gasteiger partial charge on any atom is 0.160 e. The van der Waals surface area contributed by atoms with Crippen molar-refractivity contribution in [2.75, 3.05) is 13.6 Å². The van der Waals surface area contributed by atoms with Gasteiger partial charge in [-0.15, -0.1) is 0 Å². The van der Waals surface area contributed by atoms with Gasteiger partial charge >= 0.3 is 0 Å².